The van der Waals surface area contributed by atoms with Gasteiger partial charge in [0.2, 0.25) is 0 Å². The highest BCUT2D eigenvalue weighted by molar-refractivity contribution is 9.10. The number of terminal acetylenes is 1. The summed E-state index contributed by atoms with van der Waals surface area (Å²) in [7, 11) is 0. The summed E-state index contributed by atoms with van der Waals surface area (Å²) in [6.45, 7) is 6.51. The van der Waals surface area contributed by atoms with Crippen LogP contribution in [0.25, 0.3) is 0 Å². The first kappa shape index (κ1) is 13.8. The molecule has 1 unspecified atom stereocenters. The van der Waals surface area contributed by atoms with Gasteiger partial charge in [-0.3, -0.25) is 4.79 Å². The lowest BCUT2D eigenvalue weighted by atomic mass is 10.2. The zero-order valence-electron chi connectivity index (χ0n) is 10.2. The van der Waals surface area contributed by atoms with Crippen molar-refractivity contribution in [2.24, 2.45) is 5.92 Å². The van der Waals surface area contributed by atoms with E-state index in [1.807, 2.05) is 20.8 Å². The summed E-state index contributed by atoms with van der Waals surface area (Å²) in [6, 6.07) is -0.145. The van der Waals surface area contributed by atoms with Gasteiger partial charge < -0.3 is 5.32 Å². The molecule has 1 aromatic heterocycles. The summed E-state index contributed by atoms with van der Waals surface area (Å²) in [5.74, 6) is 2.91. The molecule has 0 saturated heterocycles. The Morgan fingerprint density at radius 3 is 2.76 bits per heavy atom. The predicted octanol–water partition coefficient (Wildman–Crippen LogP) is 2.10. The van der Waals surface area contributed by atoms with Crippen LogP contribution < -0.4 is 10.9 Å². The Morgan fingerprint density at radius 1 is 1.59 bits per heavy atom. The van der Waals surface area contributed by atoms with Crippen molar-refractivity contribution in [2.75, 3.05) is 5.32 Å². The van der Waals surface area contributed by atoms with Gasteiger partial charge in [0, 0.05) is 6.54 Å². The molecule has 1 heterocycles. The molecule has 1 atom stereocenters. The molecule has 1 aromatic rings. The third-order valence-electron chi connectivity index (χ3n) is 2.14. The number of aromatic nitrogens is 2. The second kappa shape index (κ2) is 5.87. The van der Waals surface area contributed by atoms with Crippen molar-refractivity contribution in [3.05, 3.63) is 21.0 Å². The van der Waals surface area contributed by atoms with Crippen LogP contribution in [-0.2, 0) is 6.54 Å². The van der Waals surface area contributed by atoms with E-state index in [0.29, 0.717) is 22.6 Å². The van der Waals surface area contributed by atoms with Crippen LogP contribution in [0.5, 0.6) is 0 Å². The van der Waals surface area contributed by atoms with Crippen LogP contribution in [0.2, 0.25) is 0 Å². The number of hydrogen-bond donors (Lipinski definition) is 1. The Morgan fingerprint density at radius 2 is 2.24 bits per heavy atom. The average Bonchev–Trinajstić information content (AvgIpc) is 2.28. The SMILES string of the molecule is C#CC(C)Nc1cnn(CC(C)C)c(=O)c1Br. The molecule has 1 rings (SSSR count). The van der Waals surface area contributed by atoms with Crippen molar-refractivity contribution < 1.29 is 0 Å². The molecule has 1 N–H and O–H groups in total. The minimum Gasteiger partial charge on any atom is -0.369 e. The normalized spacial score (nSPS) is 12.2. The minimum atomic E-state index is -0.145. The van der Waals surface area contributed by atoms with E-state index < -0.39 is 0 Å². The van der Waals surface area contributed by atoms with Crippen LogP contribution in [0.1, 0.15) is 20.8 Å². The van der Waals surface area contributed by atoms with Crippen molar-refractivity contribution in [2.45, 2.75) is 33.4 Å². The van der Waals surface area contributed by atoms with Crippen LogP contribution in [-0.4, -0.2) is 15.8 Å². The number of nitrogens with one attached hydrogen (secondary N) is 1. The molecule has 4 nitrogen and oxygen atoms in total. The van der Waals surface area contributed by atoms with E-state index in [1.165, 1.54) is 4.68 Å². The molecule has 92 valence electrons. The monoisotopic (exact) mass is 297 g/mol. The van der Waals surface area contributed by atoms with Gasteiger partial charge in [0.1, 0.15) is 4.47 Å². The Bertz CT molecular complexity index is 488. The fraction of sp³-hybridized carbons (Fsp3) is 0.500. The molecule has 0 fully saturated rings. The number of halogens is 1. The topological polar surface area (TPSA) is 46.9 Å². The lowest BCUT2D eigenvalue weighted by molar-refractivity contribution is 0.462. The van der Waals surface area contributed by atoms with Gasteiger partial charge in [-0.2, -0.15) is 5.10 Å². The smallest absolute Gasteiger partial charge is 0.283 e. The summed E-state index contributed by atoms with van der Waals surface area (Å²) >= 11 is 3.27. The standard InChI is InChI=1S/C12H16BrN3O/c1-5-9(4)15-10-6-14-16(7-8(2)3)12(17)11(10)13/h1,6,8-9,15H,7H2,2-4H3. The lowest BCUT2D eigenvalue weighted by Gasteiger charge is -2.13. The first-order chi connectivity index (χ1) is 7.95. The molecule has 0 aromatic carbocycles. The molecule has 0 radical (unpaired) electrons. The van der Waals surface area contributed by atoms with Crippen LogP contribution in [0.3, 0.4) is 0 Å². The van der Waals surface area contributed by atoms with Crippen molar-refractivity contribution in [1.29, 1.82) is 0 Å². The van der Waals surface area contributed by atoms with Gasteiger partial charge in [0.25, 0.3) is 5.56 Å². The number of hydrogen-bond acceptors (Lipinski definition) is 3. The lowest BCUT2D eigenvalue weighted by Crippen LogP contribution is -2.27. The molecular weight excluding hydrogens is 282 g/mol. The van der Waals surface area contributed by atoms with Gasteiger partial charge in [-0.25, -0.2) is 4.68 Å². The molecule has 17 heavy (non-hydrogen) atoms. The van der Waals surface area contributed by atoms with Gasteiger partial charge in [-0.05, 0) is 28.8 Å². The molecule has 0 saturated carbocycles. The third-order valence-corrected chi connectivity index (χ3v) is 2.91. The summed E-state index contributed by atoms with van der Waals surface area (Å²) in [5, 5.41) is 7.13. The molecule has 0 bridgehead atoms. The van der Waals surface area contributed by atoms with Crippen LogP contribution in [0.15, 0.2) is 15.5 Å². The highest BCUT2D eigenvalue weighted by atomic mass is 79.9. The first-order valence-corrected chi connectivity index (χ1v) is 6.23. The Hall–Kier alpha value is -1.28. The summed E-state index contributed by atoms with van der Waals surface area (Å²) in [6.07, 6.45) is 6.89. The van der Waals surface area contributed by atoms with Gasteiger partial charge in [0.05, 0.1) is 17.9 Å². The maximum Gasteiger partial charge on any atom is 0.283 e. The molecule has 0 spiro atoms. The Balaban J connectivity index is 3.03. The Kier molecular flexibility index (Phi) is 4.76. The maximum absolute atomic E-state index is 12.0. The second-order valence-corrected chi connectivity index (χ2v) is 5.08. The van der Waals surface area contributed by atoms with E-state index in [1.54, 1.807) is 6.20 Å². The predicted molar refractivity (Wildman–Crippen MR) is 73.0 cm³/mol. The zero-order valence-corrected chi connectivity index (χ0v) is 11.8. The molecule has 0 amide bonds. The number of anilines is 1. The molecule has 0 aliphatic carbocycles. The molecule has 5 heteroatoms. The second-order valence-electron chi connectivity index (χ2n) is 4.29. The van der Waals surface area contributed by atoms with E-state index in [0.717, 1.165) is 0 Å². The van der Waals surface area contributed by atoms with Crippen LogP contribution >= 0.6 is 15.9 Å². The van der Waals surface area contributed by atoms with Crippen molar-refractivity contribution in [3.63, 3.8) is 0 Å². The molecule has 0 aliphatic rings. The maximum atomic E-state index is 12.0. The third kappa shape index (κ3) is 3.60. The highest BCUT2D eigenvalue weighted by Gasteiger charge is 2.10. The van der Waals surface area contributed by atoms with Gasteiger partial charge >= 0.3 is 0 Å². The van der Waals surface area contributed by atoms with E-state index in [2.05, 4.69) is 32.3 Å². The average molecular weight is 298 g/mol. The number of rotatable bonds is 4. The van der Waals surface area contributed by atoms with E-state index in [9.17, 15) is 4.79 Å². The first-order valence-electron chi connectivity index (χ1n) is 5.44. The van der Waals surface area contributed by atoms with Gasteiger partial charge in [-0.1, -0.05) is 19.8 Å². The summed E-state index contributed by atoms with van der Waals surface area (Å²) in [4.78, 5) is 12.0. The Labute approximate surface area is 110 Å². The van der Waals surface area contributed by atoms with E-state index >= 15 is 0 Å². The number of nitrogens with zero attached hydrogens (tertiary/aromatic N) is 2. The molecule has 0 aliphatic heterocycles. The van der Waals surface area contributed by atoms with E-state index in [4.69, 9.17) is 6.42 Å². The fourth-order valence-corrected chi connectivity index (χ4v) is 1.74. The van der Waals surface area contributed by atoms with E-state index in [-0.39, 0.29) is 11.6 Å². The van der Waals surface area contributed by atoms with Gasteiger partial charge in [0.15, 0.2) is 0 Å². The van der Waals surface area contributed by atoms with Crippen molar-refractivity contribution in [3.8, 4) is 12.3 Å². The highest BCUT2D eigenvalue weighted by Crippen LogP contribution is 2.17. The quantitative estimate of drug-likeness (QED) is 0.866. The summed E-state index contributed by atoms with van der Waals surface area (Å²) < 4.78 is 1.91. The molecular formula is C12H16BrN3O. The largest absolute Gasteiger partial charge is 0.369 e. The minimum absolute atomic E-state index is 0.145. The van der Waals surface area contributed by atoms with Crippen LogP contribution in [0.4, 0.5) is 5.69 Å². The van der Waals surface area contributed by atoms with Crippen molar-refractivity contribution in [1.82, 2.24) is 9.78 Å². The fourth-order valence-electron chi connectivity index (χ4n) is 1.32. The van der Waals surface area contributed by atoms with Gasteiger partial charge in [-0.15, -0.1) is 6.42 Å². The van der Waals surface area contributed by atoms with Crippen LogP contribution in [0, 0.1) is 18.3 Å². The summed E-state index contributed by atoms with van der Waals surface area (Å²) in [5.41, 5.74) is 0.480. The van der Waals surface area contributed by atoms with Crippen molar-refractivity contribution >= 4 is 21.6 Å². The zero-order chi connectivity index (χ0) is 13.0.